The van der Waals surface area contributed by atoms with E-state index in [0.717, 1.165) is 28.9 Å². The summed E-state index contributed by atoms with van der Waals surface area (Å²) in [4.78, 5) is 32.3. The highest BCUT2D eigenvalue weighted by Crippen LogP contribution is 2.35. The van der Waals surface area contributed by atoms with Gasteiger partial charge < -0.3 is 25.0 Å². The van der Waals surface area contributed by atoms with Crippen LogP contribution in [0.15, 0.2) is 41.4 Å². The summed E-state index contributed by atoms with van der Waals surface area (Å²) >= 11 is 0. The van der Waals surface area contributed by atoms with E-state index in [2.05, 4.69) is 38.4 Å². The molecule has 0 spiro atoms. The summed E-state index contributed by atoms with van der Waals surface area (Å²) in [6.45, 7) is 17.0. The van der Waals surface area contributed by atoms with Crippen molar-refractivity contribution in [3.05, 3.63) is 47.6 Å². The van der Waals surface area contributed by atoms with Crippen molar-refractivity contribution in [1.82, 2.24) is 25.1 Å². The molecule has 1 saturated heterocycles. The minimum atomic E-state index is -0.926. The van der Waals surface area contributed by atoms with Crippen LogP contribution in [0.2, 0.25) is 0 Å². The van der Waals surface area contributed by atoms with Crippen molar-refractivity contribution in [3.8, 4) is 11.8 Å². The van der Waals surface area contributed by atoms with E-state index in [1.54, 1.807) is 37.7 Å². The van der Waals surface area contributed by atoms with Crippen LogP contribution in [-0.2, 0) is 9.53 Å². The second kappa shape index (κ2) is 12.5. The summed E-state index contributed by atoms with van der Waals surface area (Å²) in [5.41, 5.74) is 0.979. The largest absolute Gasteiger partial charge is 0.492 e. The Morgan fingerprint density at radius 3 is 2.47 bits per heavy atom. The second-order valence-corrected chi connectivity index (χ2v) is 12.6. The molecule has 1 aliphatic heterocycles. The first-order chi connectivity index (χ1) is 20.3. The van der Waals surface area contributed by atoms with Crippen molar-refractivity contribution in [2.75, 3.05) is 19.7 Å². The molecule has 2 aliphatic rings. The molecule has 2 aromatic rings. The van der Waals surface area contributed by atoms with Crippen LogP contribution in [0.25, 0.3) is 11.1 Å². The summed E-state index contributed by atoms with van der Waals surface area (Å²) < 4.78 is 12.8. The lowest BCUT2D eigenvalue weighted by Gasteiger charge is -2.46. The molecule has 3 heterocycles. The fourth-order valence-electron chi connectivity index (χ4n) is 5.46. The summed E-state index contributed by atoms with van der Waals surface area (Å²) in [5.74, 6) is 1.23. The van der Waals surface area contributed by atoms with Crippen molar-refractivity contribution in [2.45, 2.75) is 90.3 Å². The standard InChI is InChI=1S/C32H43N7O4/c1-8-42-24-18-25(27-23(19-33)20-35-39(27)21-24)22(2)10-11-26(34-7)38-16-14-31(6,15-17-38)36-28(40)32(12-9-13-32)37-29(41)43-30(3,4)5/h10-11,18,20-21H,7-9,12-17H2,1-6H3,(H,36,40)(H,37,41)/b22-10+,26-11+. The normalized spacial score (nSPS) is 18.3. The molecule has 2 aromatic heterocycles. The highest BCUT2D eigenvalue weighted by atomic mass is 16.6. The number of carbonyl (C=O) groups is 2. The van der Waals surface area contributed by atoms with Crippen LogP contribution < -0.4 is 15.4 Å². The first kappa shape index (κ1) is 31.6. The number of piperidine rings is 1. The number of allylic oxidation sites excluding steroid dienone is 3. The van der Waals surface area contributed by atoms with Gasteiger partial charge in [0.1, 0.15) is 28.8 Å². The van der Waals surface area contributed by atoms with Crippen LogP contribution in [0.4, 0.5) is 4.79 Å². The lowest BCUT2D eigenvalue weighted by atomic mass is 9.75. The molecule has 11 heteroatoms. The second-order valence-electron chi connectivity index (χ2n) is 12.6. The third-order valence-corrected chi connectivity index (χ3v) is 8.08. The summed E-state index contributed by atoms with van der Waals surface area (Å²) in [6.07, 6.45) is 10.1. The number of pyridine rings is 1. The number of nitrogens with zero attached hydrogens (tertiary/aromatic N) is 5. The first-order valence-electron chi connectivity index (χ1n) is 14.8. The van der Waals surface area contributed by atoms with Crippen LogP contribution in [0.5, 0.6) is 5.75 Å². The fourth-order valence-corrected chi connectivity index (χ4v) is 5.46. The van der Waals surface area contributed by atoms with Gasteiger partial charge in [-0.05, 0) is 98.1 Å². The molecule has 11 nitrogen and oxygen atoms in total. The summed E-state index contributed by atoms with van der Waals surface area (Å²) in [7, 11) is 0. The number of ether oxygens (including phenoxy) is 2. The fraction of sp³-hybridized carbons (Fsp3) is 0.531. The zero-order chi connectivity index (χ0) is 31.4. The van der Waals surface area contributed by atoms with E-state index in [1.807, 2.05) is 39.0 Å². The van der Waals surface area contributed by atoms with E-state index in [4.69, 9.17) is 9.47 Å². The van der Waals surface area contributed by atoms with Crippen molar-refractivity contribution < 1.29 is 19.1 Å². The van der Waals surface area contributed by atoms with Gasteiger partial charge in [-0.15, -0.1) is 0 Å². The number of hydrogen-bond donors (Lipinski definition) is 2. The lowest BCUT2D eigenvalue weighted by molar-refractivity contribution is -0.133. The Hall–Kier alpha value is -4.33. The van der Waals surface area contributed by atoms with E-state index in [9.17, 15) is 14.9 Å². The molecule has 2 N–H and O–H groups in total. The SMILES string of the molecule is C=N/C(=C\C=C(/C)c1cc(OCC)cn2ncc(C#N)c12)N1CCC(C)(NC(=O)C2(NC(=O)OC(C)(C)C)CCC2)CC1. The van der Waals surface area contributed by atoms with Gasteiger partial charge in [0.05, 0.1) is 30.1 Å². The van der Waals surface area contributed by atoms with Gasteiger partial charge >= 0.3 is 6.09 Å². The molecule has 43 heavy (non-hydrogen) atoms. The molecule has 0 unspecified atom stereocenters. The average Bonchev–Trinajstić information content (AvgIpc) is 3.33. The molecule has 1 saturated carbocycles. The minimum Gasteiger partial charge on any atom is -0.492 e. The minimum absolute atomic E-state index is 0.158. The van der Waals surface area contributed by atoms with Gasteiger partial charge in [-0.3, -0.25) is 4.79 Å². The molecular formula is C32H43N7O4. The maximum absolute atomic E-state index is 13.4. The van der Waals surface area contributed by atoms with Gasteiger partial charge in [0.15, 0.2) is 0 Å². The van der Waals surface area contributed by atoms with E-state index >= 15 is 0 Å². The summed E-state index contributed by atoms with van der Waals surface area (Å²) in [6, 6.07) is 4.14. The monoisotopic (exact) mass is 589 g/mol. The van der Waals surface area contributed by atoms with Gasteiger partial charge in [0.2, 0.25) is 5.91 Å². The number of fused-ring (bicyclic) bond motifs is 1. The molecule has 4 rings (SSSR count). The number of alkyl carbamates (subject to hydrolysis) is 1. The number of rotatable bonds is 9. The molecule has 0 atom stereocenters. The molecule has 230 valence electrons. The quantitative estimate of drug-likeness (QED) is 0.312. The number of nitriles is 1. The average molecular weight is 590 g/mol. The molecule has 0 aromatic carbocycles. The number of carbonyl (C=O) groups excluding carboxylic acids is 2. The maximum atomic E-state index is 13.4. The van der Waals surface area contributed by atoms with Crippen LogP contribution in [0, 0.1) is 11.3 Å². The number of aromatic nitrogens is 2. The Kier molecular flexibility index (Phi) is 9.18. The van der Waals surface area contributed by atoms with Crippen LogP contribution in [0.1, 0.15) is 84.8 Å². The van der Waals surface area contributed by atoms with E-state index in [0.29, 0.717) is 56.7 Å². The van der Waals surface area contributed by atoms with Gasteiger partial charge in [0, 0.05) is 24.2 Å². The predicted molar refractivity (Wildman–Crippen MR) is 166 cm³/mol. The molecule has 2 fully saturated rings. The Morgan fingerprint density at radius 2 is 1.91 bits per heavy atom. The van der Waals surface area contributed by atoms with Crippen molar-refractivity contribution in [1.29, 1.82) is 5.26 Å². The predicted octanol–water partition coefficient (Wildman–Crippen LogP) is 4.97. The number of hydrogen-bond acceptors (Lipinski definition) is 8. The van der Waals surface area contributed by atoms with Gasteiger partial charge in [-0.2, -0.15) is 10.4 Å². The van der Waals surface area contributed by atoms with Gasteiger partial charge in [-0.25, -0.2) is 14.3 Å². The highest BCUT2D eigenvalue weighted by Gasteiger charge is 2.48. The molecular weight excluding hydrogens is 546 g/mol. The van der Waals surface area contributed by atoms with Crippen LogP contribution >= 0.6 is 0 Å². The van der Waals surface area contributed by atoms with Crippen molar-refractivity contribution >= 4 is 29.8 Å². The highest BCUT2D eigenvalue weighted by molar-refractivity contribution is 5.91. The smallest absolute Gasteiger partial charge is 0.408 e. The van der Waals surface area contributed by atoms with Crippen LogP contribution in [0.3, 0.4) is 0 Å². The Balaban J connectivity index is 1.45. The summed E-state index contributed by atoms with van der Waals surface area (Å²) in [5, 5.41) is 20.0. The molecule has 0 radical (unpaired) electrons. The third-order valence-electron chi connectivity index (χ3n) is 8.08. The zero-order valence-electron chi connectivity index (χ0n) is 26.1. The Morgan fingerprint density at radius 1 is 1.21 bits per heavy atom. The third kappa shape index (κ3) is 7.19. The van der Waals surface area contributed by atoms with Crippen molar-refractivity contribution in [3.63, 3.8) is 0 Å². The van der Waals surface area contributed by atoms with Gasteiger partial charge in [-0.1, -0.05) is 6.08 Å². The molecule has 0 bridgehead atoms. The zero-order valence-corrected chi connectivity index (χ0v) is 26.1. The van der Waals surface area contributed by atoms with Crippen LogP contribution in [-0.4, -0.2) is 69.6 Å². The number of amides is 2. The first-order valence-corrected chi connectivity index (χ1v) is 14.8. The number of nitrogens with one attached hydrogen (secondary N) is 2. The maximum Gasteiger partial charge on any atom is 0.408 e. The van der Waals surface area contributed by atoms with E-state index in [-0.39, 0.29) is 5.91 Å². The number of aliphatic imine (C=N–C) groups is 1. The Labute approximate surface area is 253 Å². The lowest BCUT2D eigenvalue weighted by Crippen LogP contribution is -2.67. The topological polar surface area (TPSA) is 133 Å². The molecule has 2 amide bonds. The van der Waals surface area contributed by atoms with Gasteiger partial charge in [0.25, 0.3) is 0 Å². The molecule has 1 aliphatic carbocycles. The van der Waals surface area contributed by atoms with E-state index < -0.39 is 22.8 Å². The van der Waals surface area contributed by atoms with E-state index in [1.165, 1.54) is 0 Å². The van der Waals surface area contributed by atoms with Crippen molar-refractivity contribution in [2.24, 2.45) is 4.99 Å². The Bertz CT molecular complexity index is 1480. The number of likely N-dealkylation sites (tertiary alicyclic amines) is 1.